The zero-order valence-electron chi connectivity index (χ0n) is 30.2. The maximum atomic E-state index is 13.8. The number of ether oxygens (including phenoxy) is 3. The third-order valence-electron chi connectivity index (χ3n) is 10.2. The molecule has 0 bridgehead atoms. The predicted molar refractivity (Wildman–Crippen MR) is 194 cm³/mol. The summed E-state index contributed by atoms with van der Waals surface area (Å²) in [5, 5.41) is 16.1. The average molecular weight is 720 g/mol. The number of aryl methyl sites for hydroxylation is 1. The van der Waals surface area contributed by atoms with Crippen molar-refractivity contribution in [3.8, 4) is 11.5 Å². The van der Waals surface area contributed by atoms with Gasteiger partial charge in [-0.05, 0) is 95.8 Å². The van der Waals surface area contributed by atoms with Crippen molar-refractivity contribution < 1.29 is 28.6 Å². The van der Waals surface area contributed by atoms with Crippen molar-refractivity contribution in [1.82, 2.24) is 25.0 Å². The Bertz CT molecular complexity index is 1770. The Balaban J connectivity index is 1.19. The second kappa shape index (κ2) is 14.4. The summed E-state index contributed by atoms with van der Waals surface area (Å²) in [7, 11) is 3.27. The fourth-order valence-corrected chi connectivity index (χ4v) is 8.30. The molecule has 2 saturated carbocycles. The Morgan fingerprint density at radius 1 is 1.06 bits per heavy atom. The Kier molecular flexibility index (Phi) is 9.88. The summed E-state index contributed by atoms with van der Waals surface area (Å²) in [5.74, 6) is 2.54. The predicted octanol–water partition coefficient (Wildman–Crippen LogP) is 5.59. The zero-order chi connectivity index (χ0) is 35.9. The van der Waals surface area contributed by atoms with Crippen molar-refractivity contribution in [3.63, 3.8) is 0 Å². The van der Waals surface area contributed by atoms with E-state index in [2.05, 4.69) is 25.2 Å². The number of rotatable bonds is 12. The van der Waals surface area contributed by atoms with Gasteiger partial charge in [-0.15, -0.1) is 21.5 Å². The van der Waals surface area contributed by atoms with Gasteiger partial charge < -0.3 is 34.6 Å². The molecule has 0 unspecified atom stereocenters. The average Bonchev–Trinajstić information content (AvgIpc) is 3.99. The highest BCUT2D eigenvalue weighted by Gasteiger charge is 2.38. The summed E-state index contributed by atoms with van der Waals surface area (Å²) < 4.78 is 19.1. The largest absolute Gasteiger partial charge is 0.497 e. The number of fused-ring (bicyclic) bond motifs is 1. The number of anilines is 2. The quantitative estimate of drug-likeness (QED) is 0.245. The second-order valence-corrected chi connectivity index (χ2v) is 16.3. The van der Waals surface area contributed by atoms with Crippen LogP contribution in [0.4, 0.5) is 15.7 Å². The maximum Gasteiger partial charge on any atom is 0.410 e. The van der Waals surface area contributed by atoms with Gasteiger partial charge in [-0.3, -0.25) is 14.2 Å². The van der Waals surface area contributed by atoms with Crippen LogP contribution in [-0.4, -0.2) is 83.1 Å². The van der Waals surface area contributed by atoms with Crippen molar-refractivity contribution in [2.75, 3.05) is 44.1 Å². The van der Waals surface area contributed by atoms with E-state index in [1.165, 1.54) is 0 Å². The van der Waals surface area contributed by atoms with Gasteiger partial charge >= 0.3 is 6.09 Å². The van der Waals surface area contributed by atoms with Gasteiger partial charge in [-0.1, -0.05) is 0 Å². The molecule has 3 amide bonds. The Morgan fingerprint density at radius 3 is 2.57 bits per heavy atom. The molecule has 274 valence electrons. The number of amides is 3. The molecule has 3 heterocycles. The summed E-state index contributed by atoms with van der Waals surface area (Å²) in [4.78, 5) is 44.9. The topological polar surface area (TPSA) is 140 Å². The minimum atomic E-state index is -0.596. The number of thiophene rings is 1. The van der Waals surface area contributed by atoms with Crippen LogP contribution in [0.1, 0.15) is 91.7 Å². The Hall–Kier alpha value is -4.33. The molecule has 1 aliphatic heterocycles. The highest BCUT2D eigenvalue weighted by Crippen LogP contribution is 2.43. The highest BCUT2D eigenvalue weighted by atomic mass is 32.1. The van der Waals surface area contributed by atoms with Crippen LogP contribution in [0, 0.1) is 11.8 Å². The molecule has 3 aromatic rings. The van der Waals surface area contributed by atoms with E-state index in [1.807, 2.05) is 39.0 Å². The van der Waals surface area contributed by atoms with Crippen LogP contribution in [0.3, 0.4) is 0 Å². The number of hydrogen-bond acceptors (Lipinski definition) is 10. The summed E-state index contributed by atoms with van der Waals surface area (Å²) >= 11 is 1.54. The molecule has 2 atom stereocenters. The Labute approximate surface area is 303 Å². The van der Waals surface area contributed by atoms with E-state index >= 15 is 0 Å². The summed E-state index contributed by atoms with van der Waals surface area (Å²) in [5.41, 5.74) is 1.95. The van der Waals surface area contributed by atoms with E-state index in [1.54, 1.807) is 36.8 Å². The van der Waals surface area contributed by atoms with Crippen LogP contribution in [-0.2, 0) is 28.9 Å². The molecule has 2 N–H and O–H groups in total. The normalized spacial score (nSPS) is 20.1. The number of hydrogen-bond donors (Lipinski definition) is 2. The lowest BCUT2D eigenvalue weighted by molar-refractivity contribution is -0.117. The van der Waals surface area contributed by atoms with E-state index in [0.717, 1.165) is 60.9 Å². The summed E-state index contributed by atoms with van der Waals surface area (Å²) in [6, 6.07) is 5.68. The van der Waals surface area contributed by atoms with Crippen LogP contribution in [0.5, 0.6) is 11.5 Å². The monoisotopic (exact) mass is 719 g/mol. The number of aromatic nitrogens is 3. The first-order valence-corrected chi connectivity index (χ1v) is 18.9. The van der Waals surface area contributed by atoms with Crippen LogP contribution in [0.2, 0.25) is 0 Å². The number of benzene rings is 1. The minimum Gasteiger partial charge on any atom is -0.497 e. The molecule has 3 fully saturated rings. The lowest BCUT2D eigenvalue weighted by atomic mass is 9.91. The zero-order valence-corrected chi connectivity index (χ0v) is 31.0. The molecular weight excluding hydrogens is 671 g/mol. The third kappa shape index (κ3) is 7.95. The van der Waals surface area contributed by atoms with Crippen molar-refractivity contribution in [3.05, 3.63) is 46.1 Å². The molecule has 1 aromatic carbocycles. The molecule has 4 aliphatic rings. The van der Waals surface area contributed by atoms with Crippen LogP contribution in [0.25, 0.3) is 0 Å². The number of nitrogens with zero attached hydrogens (tertiary/aromatic N) is 5. The molecule has 0 radical (unpaired) electrons. The number of methoxy groups -OCH3 is 2. The van der Waals surface area contributed by atoms with Gasteiger partial charge in [-0.25, -0.2) is 4.79 Å². The van der Waals surface area contributed by atoms with Gasteiger partial charge in [0.2, 0.25) is 11.9 Å². The number of nitrogens with one attached hydrogen (secondary N) is 2. The maximum absolute atomic E-state index is 13.8. The molecule has 2 aromatic heterocycles. The van der Waals surface area contributed by atoms with E-state index in [-0.39, 0.29) is 35.9 Å². The van der Waals surface area contributed by atoms with E-state index in [9.17, 15) is 14.4 Å². The number of carbonyl (C=O) groups is 3. The van der Waals surface area contributed by atoms with Gasteiger partial charge in [0.25, 0.3) is 5.91 Å². The van der Waals surface area contributed by atoms with E-state index in [4.69, 9.17) is 19.3 Å². The molecule has 1 saturated heterocycles. The van der Waals surface area contributed by atoms with Crippen LogP contribution >= 0.6 is 11.3 Å². The molecular formula is C37H49N7O6S. The molecule has 14 heteroatoms. The summed E-state index contributed by atoms with van der Waals surface area (Å²) in [6.45, 7) is 7.76. The molecule has 7 rings (SSSR count). The standard InChI is InChI=1S/C37H49N7O6S/c1-37(2,3)50-36(47)42-15-14-26(20-42)43(19-24-10-12-27(48-4)17-29(24)49-5)35-41-39-21-44(35)25-11-13-30-28(16-25)31(33(46)38-18-22-6-7-22)34(51-30)40-32(45)23-8-9-23/h10,12,17,21-23,25-26H,6-9,11,13-16,18-20H2,1-5H3,(H,38,46)(H,40,45)/t25-,26-/m0/s1. The van der Waals surface area contributed by atoms with Gasteiger partial charge in [-0.2, -0.15) is 0 Å². The fourth-order valence-electron chi connectivity index (χ4n) is 7.06. The molecule has 51 heavy (non-hydrogen) atoms. The molecule has 0 spiro atoms. The Morgan fingerprint density at radius 2 is 1.86 bits per heavy atom. The van der Waals surface area contributed by atoms with E-state index in [0.29, 0.717) is 66.5 Å². The van der Waals surface area contributed by atoms with Crippen molar-refractivity contribution in [2.24, 2.45) is 11.8 Å². The molecule has 3 aliphatic carbocycles. The van der Waals surface area contributed by atoms with Gasteiger partial charge in [0.1, 0.15) is 28.4 Å². The van der Waals surface area contributed by atoms with Gasteiger partial charge in [0, 0.05) is 54.6 Å². The third-order valence-corrected chi connectivity index (χ3v) is 11.4. The fraction of sp³-hybridized carbons (Fsp3) is 0.595. The number of likely N-dealkylation sites (tertiary alicyclic amines) is 1. The van der Waals surface area contributed by atoms with Crippen molar-refractivity contribution in [2.45, 2.75) is 96.4 Å². The smallest absolute Gasteiger partial charge is 0.410 e. The molecule has 13 nitrogen and oxygen atoms in total. The van der Waals surface area contributed by atoms with Gasteiger partial charge in [0.15, 0.2) is 0 Å². The first-order chi connectivity index (χ1) is 24.5. The first-order valence-electron chi connectivity index (χ1n) is 18.1. The minimum absolute atomic E-state index is 0.00377. The van der Waals surface area contributed by atoms with Crippen molar-refractivity contribution >= 4 is 40.2 Å². The SMILES string of the molecule is COc1ccc(CN(c2nncn2[C@H]2CCc3sc(NC(=O)C4CC4)c(C(=O)NCC4CC4)c3C2)[C@H]2CCN(C(=O)OC(C)(C)C)C2)c(OC)c1. The van der Waals surface area contributed by atoms with Gasteiger partial charge in [0.05, 0.1) is 25.8 Å². The second-order valence-electron chi connectivity index (χ2n) is 15.2. The van der Waals surface area contributed by atoms with Crippen LogP contribution in [0.15, 0.2) is 24.5 Å². The first kappa shape index (κ1) is 35.1. The summed E-state index contributed by atoms with van der Waals surface area (Å²) in [6.07, 6.45) is 8.45. The number of carbonyl (C=O) groups excluding carboxylic acids is 3. The lowest BCUT2D eigenvalue weighted by Crippen LogP contribution is -2.41. The lowest BCUT2D eigenvalue weighted by Gasteiger charge is -2.33. The highest BCUT2D eigenvalue weighted by molar-refractivity contribution is 7.17. The van der Waals surface area contributed by atoms with E-state index < -0.39 is 5.60 Å². The van der Waals surface area contributed by atoms with Crippen LogP contribution < -0.4 is 25.0 Å². The van der Waals surface area contributed by atoms with Crippen molar-refractivity contribution in [1.29, 1.82) is 0 Å².